The van der Waals surface area contributed by atoms with Crippen molar-refractivity contribution < 1.29 is 23.5 Å². The van der Waals surface area contributed by atoms with Crippen molar-refractivity contribution in [3.8, 4) is 5.75 Å². The smallest absolute Gasteiger partial charge is 0.387 e. The van der Waals surface area contributed by atoms with E-state index >= 15 is 0 Å². The van der Waals surface area contributed by atoms with Gasteiger partial charge in [0.25, 0.3) is 5.91 Å². The molecule has 0 fully saturated rings. The highest BCUT2D eigenvalue weighted by Gasteiger charge is 2.20. The topological polar surface area (TPSA) is 88.1 Å². The fourth-order valence-corrected chi connectivity index (χ4v) is 1.64. The van der Waals surface area contributed by atoms with E-state index in [-0.39, 0.29) is 35.6 Å². The molecule has 6 nitrogen and oxygen atoms in total. The predicted octanol–water partition coefficient (Wildman–Crippen LogP) is 1.88. The Labute approximate surface area is 120 Å². The van der Waals surface area contributed by atoms with Crippen LogP contribution in [-0.4, -0.2) is 41.0 Å². The lowest BCUT2D eigenvalue weighted by molar-refractivity contribution is -0.0498. The first-order valence-corrected chi connectivity index (χ1v) is 6.17. The van der Waals surface area contributed by atoms with Gasteiger partial charge in [-0.05, 0) is 38.1 Å². The molecular formula is C13H17F2N3O3. The number of nitrogens with two attached hydrogens (primary N) is 1. The molecule has 0 aliphatic heterocycles. The summed E-state index contributed by atoms with van der Waals surface area (Å²) in [6.07, 6.45) is 0. The number of halogens is 2. The summed E-state index contributed by atoms with van der Waals surface area (Å²) < 4.78 is 28.3. The maximum absolute atomic E-state index is 12.3. The van der Waals surface area contributed by atoms with E-state index in [0.29, 0.717) is 0 Å². The Kier molecular flexibility index (Phi) is 5.89. The van der Waals surface area contributed by atoms with Crippen molar-refractivity contribution in [3.63, 3.8) is 0 Å². The number of carbonyl (C=O) groups is 1. The second kappa shape index (κ2) is 7.41. The minimum absolute atomic E-state index is 0.0333. The molecule has 0 unspecified atom stereocenters. The van der Waals surface area contributed by atoms with E-state index < -0.39 is 6.61 Å². The quantitative estimate of drug-likeness (QED) is 0.363. The van der Waals surface area contributed by atoms with Crippen LogP contribution < -0.4 is 10.5 Å². The van der Waals surface area contributed by atoms with Gasteiger partial charge in [0.15, 0.2) is 5.84 Å². The molecule has 0 saturated heterocycles. The number of nitrogens with zero attached hydrogens (tertiary/aromatic N) is 2. The third-order valence-electron chi connectivity index (χ3n) is 2.67. The SMILES string of the molecule is CC(C)N(CC(N)=NO)C(=O)c1ccc(OC(F)F)cc1. The van der Waals surface area contributed by atoms with Crippen LogP contribution in [0, 0.1) is 0 Å². The number of oxime groups is 1. The van der Waals surface area contributed by atoms with Crippen LogP contribution in [-0.2, 0) is 0 Å². The van der Waals surface area contributed by atoms with Crippen molar-refractivity contribution in [1.29, 1.82) is 0 Å². The van der Waals surface area contributed by atoms with E-state index in [4.69, 9.17) is 10.9 Å². The largest absolute Gasteiger partial charge is 0.435 e. The molecule has 0 aromatic heterocycles. The Hall–Kier alpha value is -2.38. The van der Waals surface area contributed by atoms with E-state index in [1.165, 1.54) is 29.2 Å². The predicted molar refractivity (Wildman–Crippen MR) is 72.7 cm³/mol. The van der Waals surface area contributed by atoms with Crippen molar-refractivity contribution in [2.24, 2.45) is 10.9 Å². The molecule has 1 amide bonds. The lowest BCUT2D eigenvalue weighted by atomic mass is 10.1. The maximum atomic E-state index is 12.3. The first-order chi connectivity index (χ1) is 9.85. The normalized spacial score (nSPS) is 11.8. The van der Waals surface area contributed by atoms with E-state index in [1.54, 1.807) is 13.8 Å². The number of ether oxygens (including phenoxy) is 1. The average molecular weight is 301 g/mol. The van der Waals surface area contributed by atoms with Crippen LogP contribution in [0.15, 0.2) is 29.4 Å². The molecule has 0 saturated carbocycles. The summed E-state index contributed by atoms with van der Waals surface area (Å²) in [4.78, 5) is 13.7. The third kappa shape index (κ3) is 4.90. The highest BCUT2D eigenvalue weighted by Crippen LogP contribution is 2.16. The summed E-state index contributed by atoms with van der Waals surface area (Å²) in [6, 6.07) is 5.13. The van der Waals surface area contributed by atoms with Gasteiger partial charge in [-0.15, -0.1) is 0 Å². The van der Waals surface area contributed by atoms with Gasteiger partial charge in [-0.2, -0.15) is 8.78 Å². The molecule has 1 aromatic carbocycles. The standard InChI is InChI=1S/C13H17F2N3O3/c1-8(2)18(7-11(16)17-20)12(19)9-3-5-10(6-4-9)21-13(14)15/h3-6,8,13,20H,7H2,1-2H3,(H2,16,17). The van der Waals surface area contributed by atoms with Crippen LogP contribution in [0.5, 0.6) is 5.75 Å². The minimum atomic E-state index is -2.92. The number of rotatable bonds is 6. The molecule has 0 heterocycles. The van der Waals surface area contributed by atoms with Gasteiger partial charge in [-0.1, -0.05) is 5.16 Å². The van der Waals surface area contributed by atoms with Crippen molar-refractivity contribution >= 4 is 11.7 Å². The van der Waals surface area contributed by atoms with Gasteiger partial charge in [0, 0.05) is 11.6 Å². The Balaban J connectivity index is 2.88. The van der Waals surface area contributed by atoms with Gasteiger partial charge in [-0.25, -0.2) is 0 Å². The average Bonchev–Trinajstić information content (AvgIpc) is 2.43. The Morgan fingerprint density at radius 3 is 2.38 bits per heavy atom. The van der Waals surface area contributed by atoms with Crippen LogP contribution in [0.3, 0.4) is 0 Å². The van der Waals surface area contributed by atoms with Gasteiger partial charge in [0.05, 0.1) is 6.54 Å². The highest BCUT2D eigenvalue weighted by atomic mass is 19.3. The van der Waals surface area contributed by atoms with Crippen molar-refractivity contribution in [2.45, 2.75) is 26.5 Å². The molecule has 0 atom stereocenters. The van der Waals surface area contributed by atoms with Gasteiger partial charge in [0.2, 0.25) is 0 Å². The zero-order chi connectivity index (χ0) is 16.0. The van der Waals surface area contributed by atoms with Crippen molar-refractivity contribution in [3.05, 3.63) is 29.8 Å². The van der Waals surface area contributed by atoms with Crippen LogP contribution in [0.4, 0.5) is 8.78 Å². The molecule has 1 aromatic rings. The first-order valence-electron chi connectivity index (χ1n) is 6.17. The van der Waals surface area contributed by atoms with Crippen LogP contribution in [0.1, 0.15) is 24.2 Å². The summed E-state index contributed by atoms with van der Waals surface area (Å²) in [7, 11) is 0. The number of carbonyl (C=O) groups excluding carboxylic acids is 1. The molecule has 3 N–H and O–H groups in total. The summed E-state index contributed by atoms with van der Waals surface area (Å²) in [5.74, 6) is -0.496. The number of alkyl halides is 2. The summed E-state index contributed by atoms with van der Waals surface area (Å²) in [5, 5.41) is 11.4. The van der Waals surface area contributed by atoms with E-state index in [2.05, 4.69) is 9.89 Å². The number of hydrogen-bond donors (Lipinski definition) is 2. The molecular weight excluding hydrogens is 284 g/mol. The molecule has 21 heavy (non-hydrogen) atoms. The molecule has 0 bridgehead atoms. The van der Waals surface area contributed by atoms with Gasteiger partial charge in [0.1, 0.15) is 5.75 Å². The van der Waals surface area contributed by atoms with Crippen LogP contribution in [0.25, 0.3) is 0 Å². The molecule has 8 heteroatoms. The minimum Gasteiger partial charge on any atom is -0.435 e. The lowest BCUT2D eigenvalue weighted by Gasteiger charge is -2.26. The van der Waals surface area contributed by atoms with Crippen LogP contribution in [0.2, 0.25) is 0 Å². The monoisotopic (exact) mass is 301 g/mol. The molecule has 0 spiro atoms. The second-order valence-electron chi connectivity index (χ2n) is 4.52. The third-order valence-corrected chi connectivity index (χ3v) is 2.67. The zero-order valence-corrected chi connectivity index (χ0v) is 11.7. The number of benzene rings is 1. The Morgan fingerprint density at radius 1 is 1.38 bits per heavy atom. The number of hydrogen-bond acceptors (Lipinski definition) is 4. The lowest BCUT2D eigenvalue weighted by Crippen LogP contribution is -2.42. The fraction of sp³-hybridized carbons (Fsp3) is 0.385. The highest BCUT2D eigenvalue weighted by molar-refractivity contribution is 5.97. The Bertz CT molecular complexity index is 504. The van der Waals surface area contributed by atoms with Crippen molar-refractivity contribution in [2.75, 3.05) is 6.54 Å². The second-order valence-corrected chi connectivity index (χ2v) is 4.52. The molecule has 0 aliphatic rings. The Morgan fingerprint density at radius 2 is 1.95 bits per heavy atom. The number of amides is 1. The summed E-state index contributed by atoms with van der Waals surface area (Å²) >= 11 is 0. The summed E-state index contributed by atoms with van der Waals surface area (Å²) in [6.45, 7) is 0.593. The fourth-order valence-electron chi connectivity index (χ4n) is 1.64. The zero-order valence-electron chi connectivity index (χ0n) is 11.7. The van der Waals surface area contributed by atoms with E-state index in [1.807, 2.05) is 0 Å². The molecule has 1 rings (SSSR count). The van der Waals surface area contributed by atoms with Gasteiger partial charge >= 0.3 is 6.61 Å². The molecule has 116 valence electrons. The van der Waals surface area contributed by atoms with Gasteiger partial charge < -0.3 is 20.6 Å². The first kappa shape index (κ1) is 16.7. The maximum Gasteiger partial charge on any atom is 0.387 e. The van der Waals surface area contributed by atoms with E-state index in [9.17, 15) is 13.6 Å². The summed E-state index contributed by atoms with van der Waals surface area (Å²) in [5.41, 5.74) is 5.70. The van der Waals surface area contributed by atoms with Gasteiger partial charge in [-0.3, -0.25) is 4.79 Å². The van der Waals surface area contributed by atoms with Crippen LogP contribution >= 0.6 is 0 Å². The van der Waals surface area contributed by atoms with Crippen molar-refractivity contribution in [1.82, 2.24) is 4.90 Å². The van der Waals surface area contributed by atoms with E-state index in [0.717, 1.165) is 0 Å². The molecule has 0 aliphatic carbocycles. The molecule has 0 radical (unpaired) electrons. The number of amidine groups is 1.